The molecular formula is C15H24N2S. The van der Waals surface area contributed by atoms with Gasteiger partial charge in [-0.1, -0.05) is 20.3 Å². The fourth-order valence-corrected chi connectivity index (χ4v) is 4.35. The van der Waals surface area contributed by atoms with E-state index in [2.05, 4.69) is 19.2 Å². The summed E-state index contributed by atoms with van der Waals surface area (Å²) in [5, 5.41) is 5.13. The molecule has 1 saturated carbocycles. The van der Waals surface area contributed by atoms with Crippen LogP contribution in [0.5, 0.6) is 0 Å². The molecule has 2 nitrogen and oxygen atoms in total. The second-order valence-corrected chi connectivity index (χ2v) is 7.23. The minimum absolute atomic E-state index is 0.523. The Bertz CT molecular complexity index is 383. The zero-order valence-electron chi connectivity index (χ0n) is 11.5. The van der Waals surface area contributed by atoms with Crippen molar-refractivity contribution in [3.63, 3.8) is 0 Å². The van der Waals surface area contributed by atoms with Crippen molar-refractivity contribution in [3.8, 4) is 0 Å². The van der Waals surface area contributed by atoms with Crippen molar-refractivity contribution >= 4 is 11.3 Å². The van der Waals surface area contributed by atoms with Crippen LogP contribution < -0.4 is 5.32 Å². The molecule has 0 saturated heterocycles. The van der Waals surface area contributed by atoms with Gasteiger partial charge in [0, 0.05) is 10.9 Å². The van der Waals surface area contributed by atoms with Crippen LogP contribution in [0.4, 0.5) is 0 Å². The third-order valence-electron chi connectivity index (χ3n) is 4.26. The Kier molecular flexibility index (Phi) is 3.71. The van der Waals surface area contributed by atoms with Gasteiger partial charge in [0.25, 0.3) is 0 Å². The van der Waals surface area contributed by atoms with E-state index < -0.39 is 0 Å². The molecule has 0 amide bonds. The van der Waals surface area contributed by atoms with E-state index in [1.807, 2.05) is 11.3 Å². The third kappa shape index (κ3) is 2.48. The summed E-state index contributed by atoms with van der Waals surface area (Å²) >= 11 is 1.99. The van der Waals surface area contributed by atoms with E-state index in [9.17, 15) is 0 Å². The van der Waals surface area contributed by atoms with E-state index in [1.54, 1.807) is 4.88 Å². The van der Waals surface area contributed by atoms with Gasteiger partial charge in [-0.3, -0.25) is 0 Å². The molecule has 0 bridgehead atoms. The smallest absolute Gasteiger partial charge is 0.110 e. The standard InChI is InChI=1S/C15H24N2S/c1-10(2)16-14(11-6-5-7-11)15-17-12-8-3-4-9-13(12)18-15/h10-11,14,16H,3-9H2,1-2H3. The van der Waals surface area contributed by atoms with Gasteiger partial charge >= 0.3 is 0 Å². The predicted molar refractivity (Wildman–Crippen MR) is 77.1 cm³/mol. The van der Waals surface area contributed by atoms with Crippen LogP contribution >= 0.6 is 11.3 Å². The predicted octanol–water partition coefficient (Wildman–Crippen LogP) is 3.86. The van der Waals surface area contributed by atoms with Gasteiger partial charge in [0.15, 0.2) is 0 Å². The molecule has 1 unspecified atom stereocenters. The first kappa shape index (κ1) is 12.6. The zero-order chi connectivity index (χ0) is 12.5. The van der Waals surface area contributed by atoms with E-state index in [0.29, 0.717) is 12.1 Å². The Morgan fingerprint density at radius 3 is 2.56 bits per heavy atom. The Hall–Kier alpha value is -0.410. The average Bonchev–Trinajstić information content (AvgIpc) is 2.68. The van der Waals surface area contributed by atoms with Crippen LogP contribution in [-0.2, 0) is 12.8 Å². The highest BCUT2D eigenvalue weighted by molar-refractivity contribution is 7.11. The molecule has 0 aromatic carbocycles. The number of aromatic nitrogens is 1. The number of hydrogen-bond acceptors (Lipinski definition) is 3. The molecule has 1 heterocycles. The van der Waals surface area contributed by atoms with Crippen LogP contribution in [0, 0.1) is 5.92 Å². The molecule has 1 N–H and O–H groups in total. The van der Waals surface area contributed by atoms with Gasteiger partial charge in [-0.25, -0.2) is 4.98 Å². The highest BCUT2D eigenvalue weighted by Gasteiger charge is 2.31. The lowest BCUT2D eigenvalue weighted by Gasteiger charge is -2.34. The maximum Gasteiger partial charge on any atom is 0.110 e. The zero-order valence-corrected chi connectivity index (χ0v) is 12.4. The molecule has 1 fully saturated rings. The first-order valence-electron chi connectivity index (χ1n) is 7.48. The second-order valence-electron chi connectivity index (χ2n) is 6.12. The molecule has 2 aliphatic rings. The normalized spacial score (nSPS) is 21.7. The van der Waals surface area contributed by atoms with Crippen molar-refractivity contribution in [1.82, 2.24) is 10.3 Å². The number of nitrogens with zero attached hydrogens (tertiary/aromatic N) is 1. The Morgan fingerprint density at radius 1 is 1.17 bits per heavy atom. The van der Waals surface area contributed by atoms with Crippen molar-refractivity contribution in [2.24, 2.45) is 5.92 Å². The number of fused-ring (bicyclic) bond motifs is 1. The number of aryl methyl sites for hydroxylation is 2. The van der Waals surface area contributed by atoms with Gasteiger partial charge in [0.2, 0.25) is 0 Å². The largest absolute Gasteiger partial charge is 0.305 e. The maximum absolute atomic E-state index is 4.96. The van der Waals surface area contributed by atoms with Crippen molar-refractivity contribution in [2.45, 2.75) is 70.9 Å². The summed E-state index contributed by atoms with van der Waals surface area (Å²) in [7, 11) is 0. The lowest BCUT2D eigenvalue weighted by atomic mass is 9.79. The van der Waals surface area contributed by atoms with Crippen molar-refractivity contribution in [1.29, 1.82) is 0 Å². The molecule has 18 heavy (non-hydrogen) atoms. The van der Waals surface area contributed by atoms with Crippen molar-refractivity contribution in [3.05, 3.63) is 15.6 Å². The van der Waals surface area contributed by atoms with Gasteiger partial charge in [-0.15, -0.1) is 11.3 Å². The maximum atomic E-state index is 4.96. The van der Waals surface area contributed by atoms with Crippen LogP contribution in [0.1, 0.15) is 67.6 Å². The molecule has 2 aliphatic carbocycles. The topological polar surface area (TPSA) is 24.9 Å². The number of hydrogen-bond donors (Lipinski definition) is 1. The Balaban J connectivity index is 1.82. The molecule has 100 valence electrons. The molecule has 1 atom stereocenters. The SMILES string of the molecule is CC(C)NC(c1nc2c(s1)CCCC2)C1CCC1. The van der Waals surface area contributed by atoms with E-state index in [0.717, 1.165) is 5.92 Å². The van der Waals surface area contributed by atoms with E-state index >= 15 is 0 Å². The minimum atomic E-state index is 0.523. The lowest BCUT2D eigenvalue weighted by molar-refractivity contribution is 0.221. The average molecular weight is 264 g/mol. The molecule has 0 radical (unpaired) electrons. The quantitative estimate of drug-likeness (QED) is 0.893. The molecule has 1 aromatic rings. The Morgan fingerprint density at radius 2 is 1.94 bits per heavy atom. The Labute approximate surface area is 114 Å². The lowest BCUT2D eigenvalue weighted by Crippen LogP contribution is -2.36. The fraction of sp³-hybridized carbons (Fsp3) is 0.800. The van der Waals surface area contributed by atoms with Crippen LogP contribution in [0.3, 0.4) is 0 Å². The van der Waals surface area contributed by atoms with Crippen molar-refractivity contribution < 1.29 is 0 Å². The van der Waals surface area contributed by atoms with Gasteiger partial charge in [0.05, 0.1) is 11.7 Å². The highest BCUT2D eigenvalue weighted by Crippen LogP contribution is 2.40. The van der Waals surface area contributed by atoms with Crippen LogP contribution in [0.25, 0.3) is 0 Å². The van der Waals surface area contributed by atoms with Gasteiger partial charge in [-0.2, -0.15) is 0 Å². The molecule has 0 spiro atoms. The third-order valence-corrected chi connectivity index (χ3v) is 5.50. The molecule has 0 aliphatic heterocycles. The van der Waals surface area contributed by atoms with Crippen molar-refractivity contribution in [2.75, 3.05) is 0 Å². The summed E-state index contributed by atoms with van der Waals surface area (Å²) < 4.78 is 0. The first-order chi connectivity index (χ1) is 8.74. The fourth-order valence-electron chi connectivity index (χ4n) is 3.05. The summed E-state index contributed by atoms with van der Waals surface area (Å²) in [6.07, 6.45) is 9.36. The summed E-state index contributed by atoms with van der Waals surface area (Å²) in [6, 6.07) is 1.07. The van der Waals surface area contributed by atoms with Crippen LogP contribution in [0.15, 0.2) is 0 Å². The number of thiazole rings is 1. The van der Waals surface area contributed by atoms with Gasteiger partial charge < -0.3 is 5.32 Å². The van der Waals surface area contributed by atoms with E-state index in [1.165, 1.54) is 55.6 Å². The minimum Gasteiger partial charge on any atom is -0.305 e. The second kappa shape index (κ2) is 5.30. The summed E-state index contributed by atoms with van der Waals surface area (Å²) in [5.74, 6) is 0.833. The highest BCUT2D eigenvalue weighted by atomic mass is 32.1. The van der Waals surface area contributed by atoms with Crippen LogP contribution in [-0.4, -0.2) is 11.0 Å². The van der Waals surface area contributed by atoms with Crippen LogP contribution in [0.2, 0.25) is 0 Å². The molecule has 1 aromatic heterocycles. The number of nitrogens with one attached hydrogen (secondary N) is 1. The van der Waals surface area contributed by atoms with E-state index in [-0.39, 0.29) is 0 Å². The first-order valence-corrected chi connectivity index (χ1v) is 8.30. The van der Waals surface area contributed by atoms with E-state index in [4.69, 9.17) is 4.98 Å². The summed E-state index contributed by atoms with van der Waals surface area (Å²) in [5.41, 5.74) is 1.41. The number of rotatable bonds is 4. The monoisotopic (exact) mass is 264 g/mol. The molecule has 3 rings (SSSR count). The summed E-state index contributed by atoms with van der Waals surface area (Å²) in [6.45, 7) is 4.50. The van der Waals surface area contributed by atoms with Gasteiger partial charge in [0.1, 0.15) is 5.01 Å². The summed E-state index contributed by atoms with van der Waals surface area (Å²) in [4.78, 5) is 6.54. The molecule has 3 heteroatoms. The molecular weight excluding hydrogens is 240 g/mol. The van der Waals surface area contributed by atoms with Gasteiger partial charge in [-0.05, 0) is 44.4 Å².